The van der Waals surface area contributed by atoms with Gasteiger partial charge in [-0.3, -0.25) is 10.1 Å². The summed E-state index contributed by atoms with van der Waals surface area (Å²) in [5.41, 5.74) is 1.51. The predicted octanol–water partition coefficient (Wildman–Crippen LogP) is 4.09. The lowest BCUT2D eigenvalue weighted by Gasteiger charge is -2.04. The molecule has 0 fully saturated rings. The maximum absolute atomic E-state index is 12.2. The Bertz CT molecular complexity index is 1090. The zero-order valence-corrected chi connectivity index (χ0v) is 13.5. The van der Waals surface area contributed by atoms with E-state index in [-0.39, 0.29) is 17.3 Å². The fourth-order valence-corrected chi connectivity index (χ4v) is 2.79. The molecule has 0 aromatic heterocycles. The van der Waals surface area contributed by atoms with Gasteiger partial charge in [-0.1, -0.05) is 36.4 Å². The fraction of sp³-hybridized carbons (Fsp3) is 0. The number of nitro benzene ring substituents is 1. The zero-order chi connectivity index (χ0) is 18.1. The predicted molar refractivity (Wildman–Crippen MR) is 97.7 cm³/mol. The van der Waals surface area contributed by atoms with E-state index in [1.165, 1.54) is 12.1 Å². The average Bonchev–Trinajstić information content (AvgIpc) is 3.02. The van der Waals surface area contributed by atoms with E-state index in [2.05, 4.69) is 4.99 Å². The standard InChI is InChI=1S/C20H12N2O4/c23-20-18(12-13-8-10-15(11-9-13)22(24)25)21-19(26-20)17-7-3-5-14-4-1-2-6-16(14)17/h1-12H/b18-12+. The fourth-order valence-electron chi connectivity index (χ4n) is 2.79. The van der Waals surface area contributed by atoms with E-state index in [1.807, 2.05) is 42.5 Å². The van der Waals surface area contributed by atoms with E-state index in [0.717, 1.165) is 16.3 Å². The van der Waals surface area contributed by atoms with Gasteiger partial charge in [0, 0.05) is 17.7 Å². The molecule has 1 heterocycles. The molecule has 0 aliphatic carbocycles. The van der Waals surface area contributed by atoms with Gasteiger partial charge in [0.25, 0.3) is 5.69 Å². The van der Waals surface area contributed by atoms with Crippen molar-refractivity contribution in [3.05, 3.63) is 93.7 Å². The van der Waals surface area contributed by atoms with Gasteiger partial charge in [0.05, 0.1) is 4.92 Å². The third kappa shape index (κ3) is 2.84. The Balaban J connectivity index is 1.72. The van der Waals surface area contributed by atoms with E-state index in [9.17, 15) is 14.9 Å². The van der Waals surface area contributed by atoms with Crippen molar-refractivity contribution in [1.82, 2.24) is 0 Å². The number of ether oxygens (including phenoxy) is 1. The number of hydrogen-bond acceptors (Lipinski definition) is 5. The minimum absolute atomic E-state index is 0.0129. The Hall–Kier alpha value is -3.80. The number of non-ortho nitro benzene ring substituents is 1. The summed E-state index contributed by atoms with van der Waals surface area (Å²) in [6, 6.07) is 19.4. The van der Waals surface area contributed by atoms with Crippen LogP contribution in [-0.4, -0.2) is 16.8 Å². The molecule has 126 valence electrons. The van der Waals surface area contributed by atoms with Gasteiger partial charge in [-0.05, 0) is 40.6 Å². The van der Waals surface area contributed by atoms with Crippen LogP contribution in [0.5, 0.6) is 0 Å². The smallest absolute Gasteiger partial charge is 0.363 e. The molecule has 0 amide bonds. The molecule has 3 aromatic carbocycles. The molecular formula is C20H12N2O4. The first-order chi connectivity index (χ1) is 12.6. The molecule has 0 unspecified atom stereocenters. The van der Waals surface area contributed by atoms with Crippen LogP contribution in [0.3, 0.4) is 0 Å². The molecule has 1 aliphatic rings. The lowest BCUT2D eigenvalue weighted by molar-refractivity contribution is -0.384. The second-order valence-corrected chi connectivity index (χ2v) is 5.71. The second kappa shape index (κ2) is 6.25. The topological polar surface area (TPSA) is 81.8 Å². The molecule has 0 N–H and O–H groups in total. The molecule has 0 saturated heterocycles. The minimum atomic E-state index is -0.550. The van der Waals surface area contributed by atoms with Crippen molar-refractivity contribution >= 4 is 34.4 Å². The number of esters is 1. The van der Waals surface area contributed by atoms with Crippen molar-refractivity contribution in [2.75, 3.05) is 0 Å². The molecular weight excluding hydrogens is 332 g/mol. The number of nitro groups is 1. The first-order valence-electron chi connectivity index (χ1n) is 7.87. The van der Waals surface area contributed by atoms with Crippen LogP contribution in [0.25, 0.3) is 16.8 Å². The van der Waals surface area contributed by atoms with Gasteiger partial charge in [-0.2, -0.15) is 0 Å². The van der Waals surface area contributed by atoms with E-state index in [0.29, 0.717) is 5.56 Å². The monoisotopic (exact) mass is 344 g/mol. The van der Waals surface area contributed by atoms with E-state index < -0.39 is 10.9 Å². The minimum Gasteiger partial charge on any atom is -0.402 e. The molecule has 3 aromatic rings. The molecule has 0 atom stereocenters. The quantitative estimate of drug-likeness (QED) is 0.310. The summed E-state index contributed by atoms with van der Waals surface area (Å²) in [7, 11) is 0. The lowest BCUT2D eigenvalue weighted by atomic mass is 10.0. The van der Waals surface area contributed by atoms with Gasteiger partial charge in [0.1, 0.15) is 0 Å². The zero-order valence-electron chi connectivity index (χ0n) is 13.5. The van der Waals surface area contributed by atoms with Crippen molar-refractivity contribution in [3.8, 4) is 0 Å². The van der Waals surface area contributed by atoms with Crippen molar-refractivity contribution in [1.29, 1.82) is 0 Å². The molecule has 4 rings (SSSR count). The Morgan fingerprint density at radius 1 is 0.962 bits per heavy atom. The summed E-state index contributed by atoms with van der Waals surface area (Å²) in [4.78, 5) is 26.7. The first-order valence-corrected chi connectivity index (χ1v) is 7.87. The largest absolute Gasteiger partial charge is 0.402 e. The number of aliphatic imine (C=N–C) groups is 1. The van der Waals surface area contributed by atoms with Crippen molar-refractivity contribution < 1.29 is 14.5 Å². The summed E-state index contributed by atoms with van der Waals surface area (Å²) < 4.78 is 5.34. The van der Waals surface area contributed by atoms with E-state index in [4.69, 9.17) is 4.74 Å². The van der Waals surface area contributed by atoms with Gasteiger partial charge >= 0.3 is 5.97 Å². The highest BCUT2D eigenvalue weighted by Crippen LogP contribution is 2.25. The highest BCUT2D eigenvalue weighted by molar-refractivity contribution is 6.17. The summed E-state index contributed by atoms with van der Waals surface area (Å²) in [6.45, 7) is 0. The van der Waals surface area contributed by atoms with Crippen LogP contribution in [0.1, 0.15) is 11.1 Å². The number of carbonyl (C=O) groups excluding carboxylic acids is 1. The van der Waals surface area contributed by atoms with Crippen LogP contribution in [0.2, 0.25) is 0 Å². The van der Waals surface area contributed by atoms with Gasteiger partial charge in [0.2, 0.25) is 5.90 Å². The number of benzene rings is 3. The summed E-state index contributed by atoms with van der Waals surface area (Å²) in [5, 5.41) is 12.7. The summed E-state index contributed by atoms with van der Waals surface area (Å²) in [6.07, 6.45) is 1.55. The van der Waals surface area contributed by atoms with Gasteiger partial charge < -0.3 is 4.74 Å². The average molecular weight is 344 g/mol. The second-order valence-electron chi connectivity index (χ2n) is 5.71. The normalized spacial score (nSPS) is 15.2. The molecule has 6 nitrogen and oxygen atoms in total. The maximum atomic E-state index is 12.2. The molecule has 0 bridgehead atoms. The SMILES string of the molecule is O=C1OC(c2cccc3ccccc23)=N/C1=C/c1ccc([N+](=O)[O-])cc1. The van der Waals surface area contributed by atoms with Crippen LogP contribution >= 0.6 is 0 Å². The van der Waals surface area contributed by atoms with Gasteiger partial charge in [-0.15, -0.1) is 0 Å². The summed E-state index contributed by atoms with van der Waals surface area (Å²) in [5.74, 6) is -0.300. The van der Waals surface area contributed by atoms with Gasteiger partial charge in [-0.25, -0.2) is 9.79 Å². The number of carbonyl (C=O) groups is 1. The Kier molecular flexibility index (Phi) is 3.78. The number of nitrogens with zero attached hydrogens (tertiary/aromatic N) is 2. The lowest BCUT2D eigenvalue weighted by Crippen LogP contribution is -2.05. The Morgan fingerprint density at radius 2 is 1.69 bits per heavy atom. The molecule has 0 spiro atoms. The highest BCUT2D eigenvalue weighted by Gasteiger charge is 2.25. The number of cyclic esters (lactones) is 1. The molecule has 0 saturated carbocycles. The van der Waals surface area contributed by atoms with E-state index in [1.54, 1.807) is 18.2 Å². The molecule has 1 aliphatic heterocycles. The van der Waals surface area contributed by atoms with Crippen LogP contribution in [0, 0.1) is 10.1 Å². The van der Waals surface area contributed by atoms with Crippen LogP contribution in [-0.2, 0) is 9.53 Å². The first kappa shape index (κ1) is 15.7. The Morgan fingerprint density at radius 3 is 2.46 bits per heavy atom. The third-order valence-electron chi connectivity index (χ3n) is 4.05. The van der Waals surface area contributed by atoms with Crippen molar-refractivity contribution in [2.45, 2.75) is 0 Å². The molecule has 6 heteroatoms. The molecule has 0 radical (unpaired) electrons. The highest BCUT2D eigenvalue weighted by atomic mass is 16.6. The van der Waals surface area contributed by atoms with Crippen LogP contribution in [0.4, 0.5) is 5.69 Å². The number of rotatable bonds is 3. The van der Waals surface area contributed by atoms with Crippen LogP contribution in [0.15, 0.2) is 77.4 Å². The van der Waals surface area contributed by atoms with Gasteiger partial charge in [0.15, 0.2) is 5.70 Å². The number of fused-ring (bicyclic) bond motifs is 1. The molecule has 26 heavy (non-hydrogen) atoms. The van der Waals surface area contributed by atoms with Crippen molar-refractivity contribution in [2.24, 2.45) is 4.99 Å². The summed E-state index contributed by atoms with van der Waals surface area (Å²) >= 11 is 0. The van der Waals surface area contributed by atoms with Crippen LogP contribution < -0.4 is 0 Å². The third-order valence-corrected chi connectivity index (χ3v) is 4.05. The Labute approximate surface area is 148 Å². The van der Waals surface area contributed by atoms with Crippen molar-refractivity contribution in [3.63, 3.8) is 0 Å². The van der Waals surface area contributed by atoms with E-state index >= 15 is 0 Å². The maximum Gasteiger partial charge on any atom is 0.363 e. The number of hydrogen-bond donors (Lipinski definition) is 0.